The Morgan fingerprint density at radius 1 is 0.974 bits per heavy atom. The average molecular weight is 547 g/mol. The van der Waals surface area contributed by atoms with Crippen molar-refractivity contribution in [3.05, 3.63) is 87.3 Å². The summed E-state index contributed by atoms with van der Waals surface area (Å²) >= 11 is 6.78. The van der Waals surface area contributed by atoms with Crippen molar-refractivity contribution in [2.24, 2.45) is 0 Å². The molecule has 1 saturated heterocycles. The van der Waals surface area contributed by atoms with Crippen LogP contribution in [0.1, 0.15) is 34.7 Å². The first-order valence-electron chi connectivity index (χ1n) is 12.3. The second kappa shape index (κ2) is 11.8. The van der Waals surface area contributed by atoms with E-state index in [4.69, 9.17) is 21.7 Å². The summed E-state index contributed by atoms with van der Waals surface area (Å²) in [6.45, 7) is 10.0. The molecule has 1 heterocycles. The van der Waals surface area contributed by atoms with E-state index in [0.717, 1.165) is 39.2 Å². The van der Waals surface area contributed by atoms with E-state index in [9.17, 15) is 9.59 Å². The Labute approximate surface area is 233 Å². The van der Waals surface area contributed by atoms with Crippen LogP contribution in [-0.4, -0.2) is 29.3 Å². The van der Waals surface area contributed by atoms with Gasteiger partial charge < -0.3 is 14.8 Å². The molecule has 1 aliphatic rings. The molecule has 8 heteroatoms. The first-order chi connectivity index (χ1) is 18.2. The van der Waals surface area contributed by atoms with E-state index >= 15 is 0 Å². The van der Waals surface area contributed by atoms with Crippen LogP contribution in [0.25, 0.3) is 6.08 Å². The largest absolute Gasteiger partial charge is 0.490 e. The number of nitrogens with one attached hydrogen (secondary N) is 1. The third kappa shape index (κ3) is 6.09. The zero-order valence-corrected chi connectivity index (χ0v) is 23.7. The fourth-order valence-electron chi connectivity index (χ4n) is 4.34. The SMILES string of the molecule is CCOc1cc(/C=C2\SC(=S)N(c3ccccc3C)C2=O)ccc1OCC(=O)Nc1c(C)cc(C)cc1C. The number of ether oxygens (including phenoxy) is 2. The summed E-state index contributed by atoms with van der Waals surface area (Å²) in [5.74, 6) is 0.521. The van der Waals surface area contributed by atoms with Gasteiger partial charge in [-0.25, -0.2) is 0 Å². The molecule has 1 fully saturated rings. The van der Waals surface area contributed by atoms with Gasteiger partial charge in [-0.3, -0.25) is 14.5 Å². The van der Waals surface area contributed by atoms with Crippen LogP contribution < -0.4 is 19.7 Å². The Kier molecular flexibility index (Phi) is 8.54. The third-order valence-electron chi connectivity index (χ3n) is 6.02. The number of nitrogens with zero attached hydrogens (tertiary/aromatic N) is 1. The number of carbonyl (C=O) groups excluding carboxylic acids is 2. The molecule has 0 aromatic heterocycles. The van der Waals surface area contributed by atoms with E-state index in [-0.39, 0.29) is 18.4 Å². The van der Waals surface area contributed by atoms with Crippen LogP contribution in [-0.2, 0) is 9.59 Å². The zero-order valence-electron chi connectivity index (χ0n) is 22.1. The van der Waals surface area contributed by atoms with Crippen molar-refractivity contribution in [2.75, 3.05) is 23.4 Å². The van der Waals surface area contributed by atoms with Gasteiger partial charge in [0.2, 0.25) is 0 Å². The van der Waals surface area contributed by atoms with Crippen molar-refractivity contribution in [3.63, 3.8) is 0 Å². The van der Waals surface area contributed by atoms with Crippen LogP contribution in [0.15, 0.2) is 59.5 Å². The van der Waals surface area contributed by atoms with Crippen molar-refractivity contribution >= 4 is 57.6 Å². The van der Waals surface area contributed by atoms with Crippen LogP contribution in [0.3, 0.4) is 0 Å². The Hall–Kier alpha value is -3.62. The normalized spacial score (nSPS) is 14.2. The Morgan fingerprint density at radius 3 is 2.37 bits per heavy atom. The number of anilines is 2. The zero-order chi connectivity index (χ0) is 27.4. The van der Waals surface area contributed by atoms with Gasteiger partial charge in [0.15, 0.2) is 22.4 Å². The quantitative estimate of drug-likeness (QED) is 0.249. The summed E-state index contributed by atoms with van der Waals surface area (Å²) in [5, 5.41) is 2.95. The second-order valence-electron chi connectivity index (χ2n) is 9.05. The highest BCUT2D eigenvalue weighted by molar-refractivity contribution is 8.27. The van der Waals surface area contributed by atoms with Crippen molar-refractivity contribution in [3.8, 4) is 11.5 Å². The number of carbonyl (C=O) groups is 2. The Morgan fingerprint density at radius 2 is 1.68 bits per heavy atom. The molecule has 0 bridgehead atoms. The predicted molar refractivity (Wildman–Crippen MR) is 159 cm³/mol. The number of aryl methyl sites for hydroxylation is 4. The summed E-state index contributed by atoms with van der Waals surface area (Å²) < 4.78 is 12.1. The van der Waals surface area contributed by atoms with Crippen molar-refractivity contribution in [2.45, 2.75) is 34.6 Å². The lowest BCUT2D eigenvalue weighted by Crippen LogP contribution is -2.28. The smallest absolute Gasteiger partial charge is 0.270 e. The highest BCUT2D eigenvalue weighted by Crippen LogP contribution is 2.38. The second-order valence-corrected chi connectivity index (χ2v) is 10.7. The van der Waals surface area contributed by atoms with E-state index < -0.39 is 0 Å². The fraction of sp³-hybridized carbons (Fsp3) is 0.233. The maximum absolute atomic E-state index is 13.2. The van der Waals surface area contributed by atoms with Gasteiger partial charge >= 0.3 is 0 Å². The first-order valence-corrected chi connectivity index (χ1v) is 13.5. The number of para-hydroxylation sites is 1. The van der Waals surface area contributed by atoms with Crippen LogP contribution in [0.5, 0.6) is 11.5 Å². The summed E-state index contributed by atoms with van der Waals surface area (Å²) in [7, 11) is 0. The summed E-state index contributed by atoms with van der Waals surface area (Å²) in [6.07, 6.45) is 1.79. The number of thiocarbonyl (C=S) groups is 1. The topological polar surface area (TPSA) is 67.9 Å². The van der Waals surface area contributed by atoms with Gasteiger partial charge in [0.05, 0.1) is 17.2 Å². The standard InChI is InChI=1S/C30H30N2O4S2/c1-6-35-25-15-22(16-26-29(34)32(30(37)38-26)23-10-8-7-9-19(23)3)11-12-24(25)36-17-27(33)31-28-20(4)13-18(2)14-21(28)5/h7-16H,6,17H2,1-5H3,(H,31,33)/b26-16-. The highest BCUT2D eigenvalue weighted by Gasteiger charge is 2.34. The molecule has 0 radical (unpaired) electrons. The van der Waals surface area contributed by atoms with E-state index in [1.165, 1.54) is 11.8 Å². The number of amides is 2. The van der Waals surface area contributed by atoms with E-state index in [2.05, 4.69) is 5.32 Å². The molecule has 196 valence electrons. The van der Waals surface area contributed by atoms with E-state index in [1.54, 1.807) is 23.1 Å². The average Bonchev–Trinajstić information content (AvgIpc) is 3.13. The van der Waals surface area contributed by atoms with Gasteiger partial charge in [-0.05, 0) is 81.1 Å². The molecule has 4 rings (SSSR count). The molecule has 0 spiro atoms. The van der Waals surface area contributed by atoms with E-state index in [1.807, 2.05) is 77.1 Å². The molecule has 38 heavy (non-hydrogen) atoms. The molecule has 1 aliphatic heterocycles. The predicted octanol–water partition coefficient (Wildman–Crippen LogP) is 6.74. The molecule has 0 saturated carbocycles. The minimum Gasteiger partial charge on any atom is -0.490 e. The maximum atomic E-state index is 13.2. The summed E-state index contributed by atoms with van der Waals surface area (Å²) in [5.41, 5.74) is 6.47. The highest BCUT2D eigenvalue weighted by atomic mass is 32.2. The van der Waals surface area contributed by atoms with Crippen molar-refractivity contribution in [1.82, 2.24) is 0 Å². The van der Waals surface area contributed by atoms with Crippen LogP contribution in [0, 0.1) is 27.7 Å². The summed E-state index contributed by atoms with van der Waals surface area (Å²) in [6, 6.07) is 17.1. The van der Waals surface area contributed by atoms with Gasteiger partial charge in [0.25, 0.3) is 11.8 Å². The number of benzene rings is 3. The van der Waals surface area contributed by atoms with Crippen LogP contribution in [0.4, 0.5) is 11.4 Å². The minimum absolute atomic E-state index is 0.161. The number of hydrogen-bond acceptors (Lipinski definition) is 6. The molecule has 1 N–H and O–H groups in total. The lowest BCUT2D eigenvalue weighted by molar-refractivity contribution is -0.118. The van der Waals surface area contributed by atoms with Crippen LogP contribution >= 0.6 is 24.0 Å². The van der Waals surface area contributed by atoms with Gasteiger partial charge in [0.1, 0.15) is 0 Å². The van der Waals surface area contributed by atoms with Gasteiger partial charge in [-0.15, -0.1) is 0 Å². The monoisotopic (exact) mass is 546 g/mol. The molecule has 0 atom stereocenters. The maximum Gasteiger partial charge on any atom is 0.270 e. The minimum atomic E-state index is -0.258. The van der Waals surface area contributed by atoms with E-state index in [0.29, 0.717) is 27.3 Å². The van der Waals surface area contributed by atoms with Crippen molar-refractivity contribution < 1.29 is 19.1 Å². The lowest BCUT2D eigenvalue weighted by atomic mass is 10.1. The van der Waals surface area contributed by atoms with Crippen molar-refractivity contribution in [1.29, 1.82) is 0 Å². The molecular weight excluding hydrogens is 516 g/mol. The first kappa shape index (κ1) is 27.4. The lowest BCUT2D eigenvalue weighted by Gasteiger charge is -2.16. The molecule has 3 aromatic carbocycles. The van der Waals surface area contributed by atoms with Gasteiger partial charge in [0, 0.05) is 5.69 Å². The van der Waals surface area contributed by atoms with Gasteiger partial charge in [-0.1, -0.05) is 65.9 Å². The summed E-state index contributed by atoms with van der Waals surface area (Å²) in [4.78, 5) is 27.9. The molecule has 3 aromatic rings. The Balaban J connectivity index is 1.49. The molecule has 0 unspecified atom stereocenters. The molecule has 2 amide bonds. The molecule has 6 nitrogen and oxygen atoms in total. The Bertz CT molecular complexity index is 1420. The van der Waals surface area contributed by atoms with Crippen LogP contribution in [0.2, 0.25) is 0 Å². The number of thioether (sulfide) groups is 1. The third-order valence-corrected chi connectivity index (χ3v) is 7.32. The molecule has 0 aliphatic carbocycles. The number of rotatable bonds is 8. The molecular formula is C30H30N2O4S2. The fourth-order valence-corrected chi connectivity index (χ4v) is 5.62. The van der Waals surface area contributed by atoms with Gasteiger partial charge in [-0.2, -0.15) is 0 Å². The number of hydrogen-bond donors (Lipinski definition) is 1.